The van der Waals surface area contributed by atoms with Crippen molar-refractivity contribution >= 4 is 39.9 Å². The van der Waals surface area contributed by atoms with Gasteiger partial charge in [-0.15, -0.1) is 12.4 Å². The van der Waals surface area contributed by atoms with Crippen LogP contribution in [0.15, 0.2) is 69.6 Å². The second kappa shape index (κ2) is 10.2. The van der Waals surface area contributed by atoms with Crippen LogP contribution >= 0.6 is 39.9 Å². The molecule has 3 rings (SSSR count). The molecule has 138 valence electrons. The minimum atomic E-state index is 0. The largest absolute Gasteiger partial charge is 0.460 e. The molecule has 0 spiro atoms. The first-order valence-electron chi connectivity index (χ1n) is 8.50. The Labute approximate surface area is 174 Å². The van der Waals surface area contributed by atoms with Crippen molar-refractivity contribution in [1.29, 1.82) is 0 Å². The molecular weight excluding hydrogens is 433 g/mol. The van der Waals surface area contributed by atoms with Crippen LogP contribution in [0.2, 0.25) is 5.02 Å². The van der Waals surface area contributed by atoms with Crippen LogP contribution in [-0.4, -0.2) is 0 Å². The maximum absolute atomic E-state index is 6.32. The van der Waals surface area contributed by atoms with Crippen LogP contribution in [0.25, 0.3) is 11.3 Å². The molecule has 3 aromatic rings. The van der Waals surface area contributed by atoms with Gasteiger partial charge in [-0.3, -0.25) is 0 Å². The molecule has 1 heterocycles. The molecule has 0 fully saturated rings. The minimum Gasteiger partial charge on any atom is -0.460 e. The first-order chi connectivity index (χ1) is 12.2. The first kappa shape index (κ1) is 21.0. The van der Waals surface area contributed by atoms with Gasteiger partial charge < -0.3 is 9.73 Å². The van der Waals surface area contributed by atoms with Crippen LogP contribution in [0, 0.1) is 0 Å². The summed E-state index contributed by atoms with van der Waals surface area (Å²) in [6.45, 7) is 2.89. The molecule has 0 bridgehead atoms. The summed E-state index contributed by atoms with van der Waals surface area (Å²) < 4.78 is 6.95. The van der Waals surface area contributed by atoms with Gasteiger partial charge in [0.25, 0.3) is 0 Å². The van der Waals surface area contributed by atoms with Crippen molar-refractivity contribution in [2.45, 2.75) is 32.4 Å². The number of rotatable bonds is 7. The van der Waals surface area contributed by atoms with Crippen LogP contribution in [-0.2, 0) is 6.54 Å². The monoisotopic (exact) mass is 453 g/mol. The van der Waals surface area contributed by atoms with E-state index in [1.165, 1.54) is 5.56 Å². The van der Waals surface area contributed by atoms with Gasteiger partial charge in [0.05, 0.1) is 11.6 Å². The van der Waals surface area contributed by atoms with Crippen LogP contribution in [0.4, 0.5) is 0 Å². The van der Waals surface area contributed by atoms with Gasteiger partial charge in [-0.2, -0.15) is 0 Å². The van der Waals surface area contributed by atoms with E-state index in [0.717, 1.165) is 34.4 Å². The van der Waals surface area contributed by atoms with E-state index in [9.17, 15) is 0 Å². The number of benzene rings is 2. The highest BCUT2D eigenvalue weighted by atomic mass is 79.9. The summed E-state index contributed by atoms with van der Waals surface area (Å²) in [7, 11) is 0. The third-order valence-corrected chi connectivity index (χ3v) is 4.97. The topological polar surface area (TPSA) is 25.2 Å². The lowest BCUT2D eigenvalue weighted by Crippen LogP contribution is -2.20. The highest BCUT2D eigenvalue weighted by Crippen LogP contribution is 2.31. The van der Waals surface area contributed by atoms with E-state index in [2.05, 4.69) is 52.4 Å². The zero-order chi connectivity index (χ0) is 17.6. The molecular formula is C21H22BrCl2NO. The second-order valence-corrected chi connectivity index (χ2v) is 7.35. The molecule has 2 aromatic carbocycles. The number of nitrogens with one attached hydrogen (secondary N) is 1. The molecule has 1 unspecified atom stereocenters. The van der Waals surface area contributed by atoms with Gasteiger partial charge in [0.1, 0.15) is 11.5 Å². The highest BCUT2D eigenvalue weighted by Gasteiger charge is 2.12. The Kier molecular flexibility index (Phi) is 8.23. The van der Waals surface area contributed by atoms with Crippen molar-refractivity contribution in [2.24, 2.45) is 0 Å². The molecule has 0 radical (unpaired) electrons. The van der Waals surface area contributed by atoms with Crippen molar-refractivity contribution in [3.8, 4) is 11.3 Å². The lowest BCUT2D eigenvalue weighted by molar-refractivity contribution is 0.439. The fourth-order valence-corrected chi connectivity index (χ4v) is 3.66. The van der Waals surface area contributed by atoms with Crippen LogP contribution in [0.5, 0.6) is 0 Å². The SMILES string of the molecule is CCCC(NCc1ccc(-c2ccc(Br)cc2Cl)o1)c1ccccc1.Cl. The summed E-state index contributed by atoms with van der Waals surface area (Å²) in [5, 5.41) is 4.28. The van der Waals surface area contributed by atoms with Crippen molar-refractivity contribution < 1.29 is 4.42 Å². The van der Waals surface area contributed by atoms with Crippen LogP contribution in [0.3, 0.4) is 0 Å². The molecule has 1 aromatic heterocycles. The van der Waals surface area contributed by atoms with E-state index < -0.39 is 0 Å². The number of hydrogen-bond acceptors (Lipinski definition) is 2. The summed E-state index contributed by atoms with van der Waals surface area (Å²) in [6, 6.07) is 20.7. The van der Waals surface area contributed by atoms with E-state index in [-0.39, 0.29) is 12.4 Å². The Morgan fingerprint density at radius 3 is 2.54 bits per heavy atom. The predicted molar refractivity (Wildman–Crippen MR) is 115 cm³/mol. The summed E-state index contributed by atoms with van der Waals surface area (Å²) in [5.74, 6) is 1.70. The van der Waals surface area contributed by atoms with E-state index in [1.54, 1.807) is 0 Å². The average Bonchev–Trinajstić information content (AvgIpc) is 3.08. The van der Waals surface area contributed by atoms with Crippen molar-refractivity contribution in [3.05, 3.63) is 81.5 Å². The molecule has 26 heavy (non-hydrogen) atoms. The fourth-order valence-electron chi connectivity index (χ4n) is 2.89. The fraction of sp³-hybridized carbons (Fsp3) is 0.238. The molecule has 0 aliphatic rings. The summed E-state index contributed by atoms with van der Waals surface area (Å²) in [5.41, 5.74) is 2.22. The summed E-state index contributed by atoms with van der Waals surface area (Å²) in [6.07, 6.45) is 2.22. The Bertz CT molecular complexity index is 820. The van der Waals surface area contributed by atoms with Gasteiger partial charge in [-0.1, -0.05) is 71.2 Å². The van der Waals surface area contributed by atoms with Gasteiger partial charge in [-0.05, 0) is 42.3 Å². The lowest BCUT2D eigenvalue weighted by atomic mass is 10.0. The smallest absolute Gasteiger partial charge is 0.135 e. The first-order valence-corrected chi connectivity index (χ1v) is 9.67. The van der Waals surface area contributed by atoms with Gasteiger partial charge in [-0.25, -0.2) is 0 Å². The summed E-state index contributed by atoms with van der Waals surface area (Å²) in [4.78, 5) is 0. The quantitative estimate of drug-likeness (QED) is 0.401. The Morgan fingerprint density at radius 1 is 1.08 bits per heavy atom. The van der Waals surface area contributed by atoms with E-state index in [1.807, 2.05) is 36.4 Å². The third-order valence-electron chi connectivity index (χ3n) is 4.16. The zero-order valence-corrected chi connectivity index (χ0v) is 17.7. The van der Waals surface area contributed by atoms with Crippen molar-refractivity contribution in [2.75, 3.05) is 0 Å². The number of furan rings is 1. The molecule has 0 saturated carbocycles. The van der Waals surface area contributed by atoms with E-state index in [0.29, 0.717) is 17.6 Å². The second-order valence-electron chi connectivity index (χ2n) is 6.02. The van der Waals surface area contributed by atoms with Gasteiger partial charge >= 0.3 is 0 Å². The molecule has 1 atom stereocenters. The van der Waals surface area contributed by atoms with Gasteiger partial charge in [0.15, 0.2) is 0 Å². The van der Waals surface area contributed by atoms with Crippen LogP contribution < -0.4 is 5.32 Å². The highest BCUT2D eigenvalue weighted by molar-refractivity contribution is 9.10. The van der Waals surface area contributed by atoms with Crippen molar-refractivity contribution in [3.63, 3.8) is 0 Å². The molecule has 5 heteroatoms. The Morgan fingerprint density at radius 2 is 1.85 bits per heavy atom. The number of hydrogen-bond donors (Lipinski definition) is 1. The van der Waals surface area contributed by atoms with E-state index >= 15 is 0 Å². The lowest BCUT2D eigenvalue weighted by Gasteiger charge is -2.18. The molecule has 1 N–H and O–H groups in total. The third kappa shape index (κ3) is 5.37. The molecule has 0 saturated heterocycles. The maximum atomic E-state index is 6.32. The molecule has 0 amide bonds. The molecule has 0 aliphatic carbocycles. The van der Waals surface area contributed by atoms with Gasteiger partial charge in [0, 0.05) is 16.1 Å². The van der Waals surface area contributed by atoms with Crippen molar-refractivity contribution in [1.82, 2.24) is 5.32 Å². The van der Waals surface area contributed by atoms with Crippen LogP contribution in [0.1, 0.15) is 37.1 Å². The normalized spacial score (nSPS) is 11.8. The van der Waals surface area contributed by atoms with E-state index in [4.69, 9.17) is 16.0 Å². The van der Waals surface area contributed by atoms with Gasteiger partial charge in [0.2, 0.25) is 0 Å². The number of halogens is 3. The Hall–Kier alpha value is -1.26. The summed E-state index contributed by atoms with van der Waals surface area (Å²) >= 11 is 9.74. The minimum absolute atomic E-state index is 0. The average molecular weight is 455 g/mol. The Balaban J connectivity index is 0.00000243. The predicted octanol–water partition coefficient (Wildman–Crippen LogP) is 7.42. The standard InChI is InChI=1S/C21H21BrClNO.ClH/c1-2-6-20(15-7-4-3-5-8-15)24-14-17-10-12-21(25-17)18-11-9-16(22)13-19(18)23;/h3-5,7-13,20,24H,2,6,14H2,1H3;1H. The maximum Gasteiger partial charge on any atom is 0.135 e. The molecule has 2 nitrogen and oxygen atoms in total. The zero-order valence-electron chi connectivity index (χ0n) is 14.5. The molecule has 0 aliphatic heterocycles.